The Morgan fingerprint density at radius 2 is 2.08 bits per heavy atom. The molecule has 1 aliphatic heterocycles. The second-order valence-corrected chi connectivity index (χ2v) is 9.10. The Kier molecular flexibility index (Phi) is 5.37. The lowest BCUT2D eigenvalue weighted by atomic mass is 9.65. The third-order valence-electron chi connectivity index (χ3n) is 6.26. The Hall–Kier alpha value is -1.33. The minimum atomic E-state index is -1.80. The fourth-order valence-electron chi connectivity index (χ4n) is 4.90. The Bertz CT molecular complexity index is 706. The van der Waals surface area contributed by atoms with Crippen LogP contribution in [0.1, 0.15) is 62.8 Å². The zero-order chi connectivity index (χ0) is 18.0. The summed E-state index contributed by atoms with van der Waals surface area (Å²) in [4.78, 5) is 0. The molecular weight excluding hydrogens is 348 g/mol. The molecule has 1 heterocycles. The summed E-state index contributed by atoms with van der Waals surface area (Å²) in [6.45, 7) is 1.13. The third-order valence-corrected chi connectivity index (χ3v) is 6.94. The standard InChI is InChI=1S/C21H28O4S/c22-26(23)15-17-14-25-20-11-18(6-7-19(17)20)24-13-16-5-4-10-21(12-16)8-2-1-3-9-21/h5-7,11,17H,1-4,8-10,12-15H2,(H,22,23). The molecule has 4 nitrogen and oxygen atoms in total. The molecule has 0 saturated heterocycles. The Balaban J connectivity index is 1.37. The molecule has 0 bridgehead atoms. The summed E-state index contributed by atoms with van der Waals surface area (Å²) in [7, 11) is 0. The van der Waals surface area contributed by atoms with Gasteiger partial charge in [0.25, 0.3) is 0 Å². The largest absolute Gasteiger partial charge is 0.492 e. The predicted molar refractivity (Wildman–Crippen MR) is 103 cm³/mol. The molecule has 2 unspecified atom stereocenters. The number of rotatable bonds is 5. The molecule has 1 spiro atoms. The summed E-state index contributed by atoms with van der Waals surface area (Å²) in [5.74, 6) is 1.83. The van der Waals surface area contributed by atoms with Crippen molar-refractivity contribution >= 4 is 11.1 Å². The van der Waals surface area contributed by atoms with Gasteiger partial charge in [-0.25, -0.2) is 4.21 Å². The fourth-order valence-corrected chi connectivity index (χ4v) is 5.52. The van der Waals surface area contributed by atoms with Crippen molar-refractivity contribution in [1.82, 2.24) is 0 Å². The van der Waals surface area contributed by atoms with Crippen LogP contribution in [-0.2, 0) is 11.1 Å². The Labute approximate surface area is 158 Å². The first-order chi connectivity index (χ1) is 12.6. The number of benzene rings is 1. The normalized spacial score (nSPS) is 25.3. The van der Waals surface area contributed by atoms with Crippen LogP contribution in [-0.4, -0.2) is 27.7 Å². The van der Waals surface area contributed by atoms with Gasteiger partial charge in [-0.2, -0.15) is 0 Å². The van der Waals surface area contributed by atoms with Crippen LogP contribution in [0.15, 0.2) is 29.8 Å². The van der Waals surface area contributed by atoms with Crippen LogP contribution in [0, 0.1) is 5.41 Å². The van der Waals surface area contributed by atoms with Gasteiger partial charge in [-0.3, -0.25) is 0 Å². The first kappa shape index (κ1) is 18.1. The first-order valence-electron chi connectivity index (χ1n) is 9.78. The van der Waals surface area contributed by atoms with Gasteiger partial charge in [0.1, 0.15) is 18.1 Å². The average Bonchev–Trinajstić information content (AvgIpc) is 3.02. The summed E-state index contributed by atoms with van der Waals surface area (Å²) in [5.41, 5.74) is 2.99. The van der Waals surface area contributed by atoms with Gasteiger partial charge < -0.3 is 14.0 Å². The van der Waals surface area contributed by atoms with Crippen LogP contribution in [0.2, 0.25) is 0 Å². The van der Waals surface area contributed by atoms with Crippen molar-refractivity contribution in [3.63, 3.8) is 0 Å². The number of hydrogen-bond donors (Lipinski definition) is 1. The molecule has 4 rings (SSSR count). The van der Waals surface area contributed by atoms with E-state index in [1.54, 1.807) is 0 Å². The maximum atomic E-state index is 11.1. The van der Waals surface area contributed by atoms with Gasteiger partial charge in [-0.1, -0.05) is 31.4 Å². The zero-order valence-corrected chi connectivity index (χ0v) is 16.1. The topological polar surface area (TPSA) is 55.8 Å². The van der Waals surface area contributed by atoms with Crippen LogP contribution in [0.25, 0.3) is 0 Å². The van der Waals surface area contributed by atoms with Crippen molar-refractivity contribution in [2.45, 2.75) is 57.3 Å². The molecule has 1 saturated carbocycles. The molecule has 1 aromatic carbocycles. The van der Waals surface area contributed by atoms with Crippen molar-refractivity contribution in [3.05, 3.63) is 35.4 Å². The second-order valence-electron chi connectivity index (χ2n) is 8.12. The van der Waals surface area contributed by atoms with Crippen molar-refractivity contribution in [2.75, 3.05) is 19.0 Å². The summed E-state index contributed by atoms with van der Waals surface area (Å²) in [6, 6.07) is 5.86. The van der Waals surface area contributed by atoms with Gasteiger partial charge >= 0.3 is 0 Å². The number of allylic oxidation sites excluding steroid dienone is 1. The van der Waals surface area contributed by atoms with Crippen LogP contribution in [0.4, 0.5) is 0 Å². The maximum absolute atomic E-state index is 11.1. The molecule has 1 fully saturated rings. The molecule has 3 aliphatic rings. The van der Waals surface area contributed by atoms with Gasteiger partial charge in [-0.15, -0.1) is 0 Å². The summed E-state index contributed by atoms with van der Waals surface area (Å²) >= 11 is -1.80. The van der Waals surface area contributed by atoms with Crippen LogP contribution in [0.5, 0.6) is 11.5 Å². The van der Waals surface area contributed by atoms with E-state index in [4.69, 9.17) is 14.0 Å². The monoisotopic (exact) mass is 376 g/mol. The zero-order valence-electron chi connectivity index (χ0n) is 15.2. The van der Waals surface area contributed by atoms with Crippen LogP contribution in [0.3, 0.4) is 0 Å². The molecule has 0 radical (unpaired) electrons. The molecule has 142 valence electrons. The summed E-state index contributed by atoms with van der Waals surface area (Å²) < 4.78 is 31.9. The average molecular weight is 377 g/mol. The molecule has 0 aromatic heterocycles. The van der Waals surface area contributed by atoms with Crippen molar-refractivity contribution in [1.29, 1.82) is 0 Å². The van der Waals surface area contributed by atoms with Gasteiger partial charge in [0.2, 0.25) is 0 Å². The SMILES string of the molecule is O=S(O)CC1COc2cc(OCC3=CCCC4(CCCCC4)C3)ccc21. The quantitative estimate of drug-likeness (QED) is 0.591. The third kappa shape index (κ3) is 3.99. The van der Waals surface area contributed by atoms with E-state index in [1.165, 1.54) is 56.9 Å². The van der Waals surface area contributed by atoms with Crippen molar-refractivity contribution in [2.24, 2.45) is 5.41 Å². The van der Waals surface area contributed by atoms with E-state index in [0.717, 1.165) is 17.1 Å². The van der Waals surface area contributed by atoms with Gasteiger partial charge in [0.05, 0.1) is 12.4 Å². The van der Waals surface area contributed by atoms with Gasteiger partial charge in [0.15, 0.2) is 11.1 Å². The Morgan fingerprint density at radius 3 is 2.88 bits per heavy atom. The molecule has 5 heteroatoms. The van der Waals surface area contributed by atoms with Crippen LogP contribution >= 0.6 is 0 Å². The molecule has 1 N–H and O–H groups in total. The summed E-state index contributed by atoms with van der Waals surface area (Å²) in [6.07, 6.45) is 13.0. The highest BCUT2D eigenvalue weighted by Crippen LogP contribution is 2.47. The predicted octanol–water partition coefficient (Wildman–Crippen LogP) is 4.82. The molecule has 0 amide bonds. The summed E-state index contributed by atoms with van der Waals surface area (Å²) in [5, 5.41) is 0. The minimum absolute atomic E-state index is 0.00269. The highest BCUT2D eigenvalue weighted by atomic mass is 32.2. The second kappa shape index (κ2) is 7.73. The van der Waals surface area contributed by atoms with E-state index >= 15 is 0 Å². The minimum Gasteiger partial charge on any atom is -0.492 e. The van der Waals surface area contributed by atoms with Crippen molar-refractivity contribution in [3.8, 4) is 11.5 Å². The number of fused-ring (bicyclic) bond motifs is 1. The van der Waals surface area contributed by atoms with Crippen LogP contribution < -0.4 is 9.47 Å². The molecular formula is C21H28O4S. The maximum Gasteiger partial charge on any atom is 0.153 e. The number of ether oxygens (including phenoxy) is 2. The Morgan fingerprint density at radius 1 is 1.23 bits per heavy atom. The molecule has 1 aromatic rings. The van der Waals surface area contributed by atoms with E-state index in [-0.39, 0.29) is 11.7 Å². The lowest BCUT2D eigenvalue weighted by Gasteiger charge is -2.40. The van der Waals surface area contributed by atoms with Gasteiger partial charge in [-0.05, 0) is 49.2 Å². The van der Waals surface area contributed by atoms with E-state index in [1.807, 2.05) is 18.2 Å². The lowest BCUT2D eigenvalue weighted by Crippen LogP contribution is -2.28. The fraction of sp³-hybridized carbons (Fsp3) is 0.619. The van der Waals surface area contributed by atoms with E-state index < -0.39 is 11.1 Å². The smallest absolute Gasteiger partial charge is 0.153 e. The van der Waals surface area contributed by atoms with Gasteiger partial charge in [0, 0.05) is 17.5 Å². The van der Waals surface area contributed by atoms with E-state index in [2.05, 4.69) is 6.08 Å². The first-order valence-corrected chi connectivity index (χ1v) is 11.1. The number of hydrogen-bond acceptors (Lipinski definition) is 3. The van der Waals surface area contributed by atoms with E-state index in [9.17, 15) is 4.21 Å². The lowest BCUT2D eigenvalue weighted by molar-refractivity contribution is 0.158. The van der Waals surface area contributed by atoms with Crippen molar-refractivity contribution < 1.29 is 18.2 Å². The molecule has 2 aliphatic carbocycles. The highest BCUT2D eigenvalue weighted by Gasteiger charge is 2.34. The van der Waals surface area contributed by atoms with E-state index in [0.29, 0.717) is 18.6 Å². The highest BCUT2D eigenvalue weighted by molar-refractivity contribution is 7.79. The molecule has 2 atom stereocenters. The molecule has 26 heavy (non-hydrogen) atoms.